The van der Waals surface area contributed by atoms with Crippen molar-refractivity contribution in [3.8, 4) is 11.5 Å². The van der Waals surface area contributed by atoms with Crippen molar-refractivity contribution in [3.05, 3.63) is 52.8 Å². The molecule has 2 atom stereocenters. The first-order valence-corrected chi connectivity index (χ1v) is 11.2. The Labute approximate surface area is 192 Å². The molecule has 3 aromatic rings. The van der Waals surface area contributed by atoms with Gasteiger partial charge in [0, 0.05) is 12.0 Å². The molecule has 176 valence electrons. The number of aromatic amines is 1. The molecule has 1 aliphatic rings. The molecule has 0 amide bonds. The number of carboxylic acids is 1. The van der Waals surface area contributed by atoms with Crippen LogP contribution in [0.25, 0.3) is 11.0 Å². The predicted octanol–water partition coefficient (Wildman–Crippen LogP) is 4.19. The number of nitrogens with one attached hydrogen (secondary N) is 1. The van der Waals surface area contributed by atoms with E-state index < -0.39 is 18.2 Å². The van der Waals surface area contributed by atoms with Crippen LogP contribution in [0, 0.1) is 6.92 Å². The number of carboxylic acid groups (broad SMARTS) is 1. The summed E-state index contributed by atoms with van der Waals surface area (Å²) in [5, 5.41) is 20.6. The fourth-order valence-electron chi connectivity index (χ4n) is 4.48. The molecule has 4 rings (SSSR count). The van der Waals surface area contributed by atoms with Crippen LogP contribution >= 0.6 is 0 Å². The predicted molar refractivity (Wildman–Crippen MR) is 123 cm³/mol. The monoisotopic (exact) mass is 454 g/mol. The summed E-state index contributed by atoms with van der Waals surface area (Å²) >= 11 is 0. The van der Waals surface area contributed by atoms with Gasteiger partial charge in [-0.05, 0) is 55.7 Å². The molecule has 1 saturated carbocycles. The van der Waals surface area contributed by atoms with Crippen molar-refractivity contribution >= 4 is 17.0 Å². The summed E-state index contributed by atoms with van der Waals surface area (Å²) in [5.74, 6) is 0.892. The molecule has 0 spiro atoms. The van der Waals surface area contributed by atoms with Gasteiger partial charge in [0.25, 0.3) is 0 Å². The van der Waals surface area contributed by atoms with Crippen molar-refractivity contribution in [3.63, 3.8) is 0 Å². The van der Waals surface area contributed by atoms with Gasteiger partial charge in [-0.2, -0.15) is 0 Å². The van der Waals surface area contributed by atoms with Gasteiger partial charge in [0.05, 0.1) is 43.0 Å². The fraction of sp³-hybridized carbons (Fsp3) is 0.440. The highest BCUT2D eigenvalue weighted by Crippen LogP contribution is 2.35. The Kier molecular flexibility index (Phi) is 6.85. The summed E-state index contributed by atoms with van der Waals surface area (Å²) in [7, 11) is 3.18. The number of methoxy groups -OCH3 is 2. The highest BCUT2D eigenvalue weighted by atomic mass is 16.5. The zero-order valence-electron chi connectivity index (χ0n) is 19.1. The van der Waals surface area contributed by atoms with E-state index in [2.05, 4.69) is 9.97 Å². The van der Waals surface area contributed by atoms with Gasteiger partial charge in [-0.3, -0.25) is 0 Å². The number of hydrogen-bond acceptors (Lipinski definition) is 6. The molecule has 0 unspecified atom stereocenters. The number of aliphatic hydroxyl groups excluding tert-OH is 1. The minimum atomic E-state index is -0.999. The summed E-state index contributed by atoms with van der Waals surface area (Å²) in [5.41, 5.74) is 2.98. The minimum absolute atomic E-state index is 0.0851. The number of aliphatic hydroxyl groups is 1. The molecule has 3 N–H and O–H groups in total. The van der Waals surface area contributed by atoms with Gasteiger partial charge in [0.1, 0.15) is 23.4 Å². The lowest BCUT2D eigenvalue weighted by Crippen LogP contribution is -2.29. The molecule has 8 nitrogen and oxygen atoms in total. The second-order valence-corrected chi connectivity index (χ2v) is 8.50. The summed E-state index contributed by atoms with van der Waals surface area (Å²) in [6.07, 6.45) is 3.10. The molecular formula is C25H30N2O6. The summed E-state index contributed by atoms with van der Waals surface area (Å²) < 4.78 is 17.3. The van der Waals surface area contributed by atoms with Crippen LogP contribution in [0.5, 0.6) is 11.5 Å². The maximum atomic E-state index is 11.4. The van der Waals surface area contributed by atoms with Gasteiger partial charge in [-0.15, -0.1) is 0 Å². The maximum absolute atomic E-state index is 11.4. The van der Waals surface area contributed by atoms with Crippen LogP contribution < -0.4 is 9.47 Å². The van der Waals surface area contributed by atoms with Crippen molar-refractivity contribution in [1.82, 2.24) is 9.97 Å². The third-order valence-corrected chi connectivity index (χ3v) is 6.31. The summed E-state index contributed by atoms with van der Waals surface area (Å²) in [6, 6.07) is 8.40. The molecule has 0 radical (unpaired) electrons. The van der Waals surface area contributed by atoms with Crippen LogP contribution in [0.4, 0.5) is 0 Å². The third kappa shape index (κ3) is 4.96. The largest absolute Gasteiger partial charge is 0.496 e. The van der Waals surface area contributed by atoms with Gasteiger partial charge >= 0.3 is 5.97 Å². The highest BCUT2D eigenvalue weighted by Gasteiger charge is 2.29. The Morgan fingerprint density at radius 1 is 1.15 bits per heavy atom. The molecule has 1 fully saturated rings. The van der Waals surface area contributed by atoms with Crippen molar-refractivity contribution in [2.24, 2.45) is 0 Å². The Morgan fingerprint density at radius 2 is 1.82 bits per heavy atom. The lowest BCUT2D eigenvalue weighted by molar-refractivity contribution is -0.0760. The lowest BCUT2D eigenvalue weighted by atomic mass is 9.99. The maximum Gasteiger partial charge on any atom is 0.335 e. The van der Waals surface area contributed by atoms with E-state index in [1.165, 1.54) is 6.07 Å². The molecule has 33 heavy (non-hydrogen) atoms. The number of benzene rings is 2. The van der Waals surface area contributed by atoms with E-state index >= 15 is 0 Å². The molecule has 1 aromatic heterocycles. The van der Waals surface area contributed by atoms with Gasteiger partial charge < -0.3 is 29.4 Å². The molecule has 1 aliphatic carbocycles. The SMILES string of the molecule is COc1cc([C@@H](O)[C@H](Cc2nc3cc(C(=O)O)ccc3[nH]2)OC2CCCC2)cc(OC)c1C. The number of aromatic nitrogens is 2. The van der Waals surface area contributed by atoms with Crippen molar-refractivity contribution < 1.29 is 29.2 Å². The Morgan fingerprint density at radius 3 is 2.42 bits per heavy atom. The average Bonchev–Trinajstić information content (AvgIpc) is 3.47. The first-order valence-electron chi connectivity index (χ1n) is 11.2. The van der Waals surface area contributed by atoms with E-state index in [4.69, 9.17) is 14.2 Å². The number of hydrogen-bond donors (Lipinski definition) is 3. The quantitative estimate of drug-likeness (QED) is 0.444. The Balaban J connectivity index is 1.65. The van der Waals surface area contributed by atoms with E-state index in [1.54, 1.807) is 26.4 Å². The number of fused-ring (bicyclic) bond motifs is 1. The van der Waals surface area contributed by atoms with E-state index in [9.17, 15) is 15.0 Å². The summed E-state index contributed by atoms with van der Waals surface area (Å²) in [4.78, 5) is 19.1. The van der Waals surface area contributed by atoms with E-state index in [1.807, 2.05) is 19.1 Å². The van der Waals surface area contributed by atoms with Gasteiger partial charge in [-0.25, -0.2) is 9.78 Å². The number of ether oxygens (including phenoxy) is 3. The average molecular weight is 455 g/mol. The number of nitrogens with zero attached hydrogens (tertiary/aromatic N) is 1. The van der Waals surface area contributed by atoms with Crippen LogP contribution in [0.2, 0.25) is 0 Å². The molecule has 0 aliphatic heterocycles. The molecule has 2 aromatic carbocycles. The second kappa shape index (κ2) is 9.80. The van der Waals surface area contributed by atoms with Crippen LogP contribution in [-0.4, -0.2) is 52.6 Å². The fourth-order valence-corrected chi connectivity index (χ4v) is 4.48. The van der Waals surface area contributed by atoms with Gasteiger partial charge in [0.2, 0.25) is 0 Å². The van der Waals surface area contributed by atoms with Crippen LogP contribution in [0.15, 0.2) is 30.3 Å². The van der Waals surface area contributed by atoms with Crippen LogP contribution in [-0.2, 0) is 11.2 Å². The van der Waals surface area contributed by atoms with Crippen molar-refractivity contribution in [1.29, 1.82) is 0 Å². The molecule has 0 bridgehead atoms. The molecule has 8 heteroatoms. The zero-order chi connectivity index (χ0) is 23.5. The van der Waals surface area contributed by atoms with Gasteiger partial charge in [-0.1, -0.05) is 12.8 Å². The molecule has 1 heterocycles. The van der Waals surface area contributed by atoms with Crippen molar-refractivity contribution in [2.45, 2.75) is 57.3 Å². The first kappa shape index (κ1) is 23.1. The third-order valence-electron chi connectivity index (χ3n) is 6.31. The van der Waals surface area contributed by atoms with Crippen LogP contribution in [0.1, 0.15) is 59.1 Å². The van der Waals surface area contributed by atoms with E-state index in [0.29, 0.717) is 34.8 Å². The smallest absolute Gasteiger partial charge is 0.335 e. The number of aromatic carboxylic acids is 1. The van der Waals surface area contributed by atoms with E-state index in [-0.39, 0.29) is 11.7 Å². The number of carbonyl (C=O) groups is 1. The normalized spacial score (nSPS) is 16.1. The van der Waals surface area contributed by atoms with Crippen LogP contribution in [0.3, 0.4) is 0 Å². The lowest BCUT2D eigenvalue weighted by Gasteiger charge is -2.27. The number of imidazole rings is 1. The molecule has 0 saturated heterocycles. The van der Waals surface area contributed by atoms with E-state index in [0.717, 1.165) is 36.8 Å². The Hall–Kier alpha value is -3.10. The zero-order valence-corrected chi connectivity index (χ0v) is 19.1. The topological polar surface area (TPSA) is 114 Å². The number of rotatable bonds is 9. The van der Waals surface area contributed by atoms with Crippen molar-refractivity contribution in [2.75, 3.05) is 14.2 Å². The first-order chi connectivity index (χ1) is 15.9. The molecular weight excluding hydrogens is 424 g/mol. The summed E-state index contributed by atoms with van der Waals surface area (Å²) in [6.45, 7) is 1.90. The Bertz CT molecular complexity index is 1110. The highest BCUT2D eigenvalue weighted by molar-refractivity contribution is 5.92. The number of H-pyrrole nitrogens is 1. The minimum Gasteiger partial charge on any atom is -0.496 e. The van der Waals surface area contributed by atoms with Gasteiger partial charge in [0.15, 0.2) is 0 Å². The second-order valence-electron chi connectivity index (χ2n) is 8.50. The standard InChI is InChI=1S/C25H30N2O6/c1-14-20(31-2)11-16(12-21(14)32-3)24(28)22(33-17-6-4-5-7-17)13-23-26-18-9-8-15(25(29)30)10-19(18)27-23/h8-12,17,22,24,28H,4-7,13H2,1-3H3,(H,26,27)(H,29,30)/t22-,24+/m0/s1.